The van der Waals surface area contributed by atoms with Crippen molar-refractivity contribution >= 4 is 22.9 Å². The Morgan fingerprint density at radius 1 is 1.29 bits per heavy atom. The minimum Gasteiger partial charge on any atom is -0.339 e. The highest BCUT2D eigenvalue weighted by Gasteiger charge is 2.08. The number of H-pyrrole nitrogens is 1. The van der Waals surface area contributed by atoms with Gasteiger partial charge in [-0.25, -0.2) is 4.98 Å². The first-order valence-electron chi connectivity index (χ1n) is 5.68. The first kappa shape index (κ1) is 15.7. The molecule has 5 nitrogen and oxygen atoms in total. The molecule has 1 N–H and O–H groups in total. The Balaban J connectivity index is 0.000000581. The molecule has 0 aliphatic rings. The lowest BCUT2D eigenvalue weighted by Crippen LogP contribution is -2.13. The second-order valence-electron chi connectivity index (χ2n) is 2.56. The lowest BCUT2D eigenvalue weighted by atomic mass is 10.5. The van der Waals surface area contributed by atoms with Crippen LogP contribution in [0.1, 0.15) is 27.7 Å². The predicted octanol–water partition coefficient (Wildman–Crippen LogP) is 2.43. The number of aromatic nitrogens is 4. The first-order chi connectivity index (χ1) is 8.24. The number of hydrogen-bond acceptors (Lipinski definition) is 4. The van der Waals surface area contributed by atoms with Crippen molar-refractivity contribution < 1.29 is 0 Å². The number of aryl methyl sites for hydroxylation is 1. The summed E-state index contributed by atoms with van der Waals surface area (Å²) < 4.78 is 1.79. The van der Waals surface area contributed by atoms with Gasteiger partial charge in [0, 0.05) is 7.05 Å². The Kier molecular flexibility index (Phi) is 7.29. The molecule has 0 radical (unpaired) electrons. The molecule has 2 rings (SSSR count). The van der Waals surface area contributed by atoms with Crippen LogP contribution in [0.2, 0.25) is 0 Å². The summed E-state index contributed by atoms with van der Waals surface area (Å²) in [7, 11) is 1.83. The van der Waals surface area contributed by atoms with E-state index in [0.717, 1.165) is 0 Å². The number of fused-ring (bicyclic) bond motifs is 1. The van der Waals surface area contributed by atoms with E-state index >= 15 is 0 Å². The molecule has 0 aliphatic heterocycles. The molecule has 0 unspecified atom stereocenters. The van der Waals surface area contributed by atoms with E-state index in [9.17, 15) is 4.79 Å². The van der Waals surface area contributed by atoms with E-state index in [0.29, 0.717) is 16.3 Å². The summed E-state index contributed by atoms with van der Waals surface area (Å²) in [6.45, 7) is 8.00. The van der Waals surface area contributed by atoms with Crippen LogP contribution in [0.15, 0.2) is 16.3 Å². The standard InChI is InChI=1S/C7H8N4OS.2C2H6/c1-11-5-4(8-3-9-5)6(12)10-7(11)13-2;2*1-2/h3H,1-2H3,(H,8,9);2*1-2H3. The molecule has 0 saturated carbocycles. The molecule has 96 valence electrons. The van der Waals surface area contributed by atoms with Crippen molar-refractivity contribution in [2.24, 2.45) is 7.05 Å². The molecule has 0 aromatic carbocycles. The number of imidazole rings is 1. The van der Waals surface area contributed by atoms with Gasteiger partial charge in [0.05, 0.1) is 6.33 Å². The van der Waals surface area contributed by atoms with Crippen molar-refractivity contribution in [1.29, 1.82) is 0 Å². The summed E-state index contributed by atoms with van der Waals surface area (Å²) in [6, 6.07) is 0. The average molecular weight is 256 g/mol. The molecule has 0 aliphatic carbocycles. The summed E-state index contributed by atoms with van der Waals surface area (Å²) in [5.41, 5.74) is 0.847. The van der Waals surface area contributed by atoms with Crippen molar-refractivity contribution in [3.05, 3.63) is 16.7 Å². The van der Waals surface area contributed by atoms with Gasteiger partial charge < -0.3 is 9.55 Å². The quantitative estimate of drug-likeness (QED) is 0.628. The molecule has 0 saturated heterocycles. The monoisotopic (exact) mass is 256 g/mol. The number of aromatic amines is 1. The summed E-state index contributed by atoms with van der Waals surface area (Å²) >= 11 is 1.43. The van der Waals surface area contributed by atoms with Crippen LogP contribution in [0.4, 0.5) is 0 Å². The van der Waals surface area contributed by atoms with E-state index in [1.54, 1.807) is 4.57 Å². The van der Waals surface area contributed by atoms with Gasteiger partial charge in [0.15, 0.2) is 16.3 Å². The van der Waals surface area contributed by atoms with Crippen molar-refractivity contribution in [2.45, 2.75) is 32.9 Å². The van der Waals surface area contributed by atoms with Gasteiger partial charge in [-0.1, -0.05) is 39.5 Å². The van der Waals surface area contributed by atoms with Gasteiger partial charge in [-0.2, -0.15) is 4.98 Å². The second kappa shape index (κ2) is 7.89. The van der Waals surface area contributed by atoms with Gasteiger partial charge in [-0.05, 0) is 6.26 Å². The molecule has 6 heteroatoms. The molecule has 0 atom stereocenters. The Morgan fingerprint density at radius 2 is 1.88 bits per heavy atom. The Hall–Kier alpha value is -1.30. The predicted molar refractivity (Wildman–Crippen MR) is 73.6 cm³/mol. The second-order valence-corrected chi connectivity index (χ2v) is 3.34. The summed E-state index contributed by atoms with van der Waals surface area (Å²) in [5.74, 6) is 0. The van der Waals surface area contributed by atoms with Gasteiger partial charge in [0.25, 0.3) is 5.56 Å². The maximum Gasteiger partial charge on any atom is 0.299 e. The number of hydrogen-bond donors (Lipinski definition) is 1. The van der Waals surface area contributed by atoms with E-state index < -0.39 is 0 Å². The van der Waals surface area contributed by atoms with Crippen LogP contribution in [-0.4, -0.2) is 25.8 Å². The normalized spacial score (nSPS) is 9.06. The van der Waals surface area contributed by atoms with Crippen molar-refractivity contribution in [3.8, 4) is 0 Å². The first-order valence-corrected chi connectivity index (χ1v) is 6.90. The zero-order valence-electron chi connectivity index (χ0n) is 11.2. The fourth-order valence-corrected chi connectivity index (χ4v) is 1.72. The molecule has 0 fully saturated rings. The largest absolute Gasteiger partial charge is 0.339 e. The van der Waals surface area contributed by atoms with E-state index in [1.165, 1.54) is 18.1 Å². The van der Waals surface area contributed by atoms with Gasteiger partial charge >= 0.3 is 0 Å². The molecule has 2 heterocycles. The van der Waals surface area contributed by atoms with Crippen LogP contribution < -0.4 is 5.56 Å². The van der Waals surface area contributed by atoms with Gasteiger partial charge in [-0.3, -0.25) is 4.79 Å². The van der Waals surface area contributed by atoms with Gasteiger partial charge in [0.1, 0.15) is 0 Å². The minimum absolute atomic E-state index is 0.255. The van der Waals surface area contributed by atoms with E-state index in [2.05, 4.69) is 15.0 Å². The number of rotatable bonds is 1. The van der Waals surface area contributed by atoms with Crippen LogP contribution in [0.5, 0.6) is 0 Å². The average Bonchev–Trinajstić information content (AvgIpc) is 2.88. The fraction of sp³-hybridized carbons (Fsp3) is 0.545. The topological polar surface area (TPSA) is 63.6 Å². The molecule has 0 bridgehead atoms. The molecule has 2 aromatic heterocycles. The summed E-state index contributed by atoms with van der Waals surface area (Å²) in [5, 5.41) is 0.671. The Bertz CT molecular complexity index is 504. The summed E-state index contributed by atoms with van der Waals surface area (Å²) in [4.78, 5) is 22.1. The highest BCUT2D eigenvalue weighted by molar-refractivity contribution is 7.98. The van der Waals surface area contributed by atoms with Crippen molar-refractivity contribution in [2.75, 3.05) is 6.26 Å². The third-order valence-corrected chi connectivity index (χ3v) is 2.55. The van der Waals surface area contributed by atoms with Crippen LogP contribution >= 0.6 is 11.8 Å². The zero-order chi connectivity index (χ0) is 13.4. The lowest BCUT2D eigenvalue weighted by Gasteiger charge is -2.03. The minimum atomic E-state index is -0.255. The highest BCUT2D eigenvalue weighted by Crippen LogP contribution is 2.12. The van der Waals surface area contributed by atoms with Crippen LogP contribution in [0.3, 0.4) is 0 Å². The number of thioether (sulfide) groups is 1. The fourth-order valence-electron chi connectivity index (χ4n) is 1.19. The molecule has 17 heavy (non-hydrogen) atoms. The Labute approximate surface area is 106 Å². The number of nitrogens with zero attached hydrogens (tertiary/aromatic N) is 3. The maximum atomic E-state index is 11.4. The van der Waals surface area contributed by atoms with E-state index in [-0.39, 0.29) is 5.56 Å². The SMILES string of the molecule is CC.CC.CSc1nc(=O)c2[nH]cnc2n1C. The van der Waals surface area contributed by atoms with Gasteiger partial charge in [0.2, 0.25) is 0 Å². The van der Waals surface area contributed by atoms with Crippen LogP contribution in [0, 0.1) is 0 Å². The maximum absolute atomic E-state index is 11.4. The molecular formula is C11H20N4OS. The third-order valence-electron chi connectivity index (χ3n) is 1.82. The highest BCUT2D eigenvalue weighted by atomic mass is 32.2. The van der Waals surface area contributed by atoms with Gasteiger partial charge in [-0.15, -0.1) is 0 Å². The molecule has 2 aromatic rings. The molecule has 0 spiro atoms. The van der Waals surface area contributed by atoms with Crippen LogP contribution in [0.25, 0.3) is 11.2 Å². The Morgan fingerprint density at radius 3 is 2.41 bits per heavy atom. The summed E-state index contributed by atoms with van der Waals surface area (Å²) in [6.07, 6.45) is 3.37. The smallest absolute Gasteiger partial charge is 0.299 e. The lowest BCUT2D eigenvalue weighted by molar-refractivity contribution is 0.759. The zero-order valence-corrected chi connectivity index (χ0v) is 12.1. The molecule has 0 amide bonds. The van der Waals surface area contributed by atoms with E-state index in [4.69, 9.17) is 0 Å². The molecular weight excluding hydrogens is 236 g/mol. The number of nitrogens with one attached hydrogen (secondary N) is 1. The third kappa shape index (κ3) is 3.33. The van der Waals surface area contributed by atoms with E-state index in [1.807, 2.05) is 41.0 Å². The van der Waals surface area contributed by atoms with Crippen molar-refractivity contribution in [3.63, 3.8) is 0 Å². The van der Waals surface area contributed by atoms with Crippen molar-refractivity contribution in [1.82, 2.24) is 19.5 Å². The van der Waals surface area contributed by atoms with Crippen LogP contribution in [-0.2, 0) is 7.05 Å².